The van der Waals surface area contributed by atoms with Gasteiger partial charge in [-0.15, -0.1) is 0 Å². The van der Waals surface area contributed by atoms with Crippen molar-refractivity contribution < 1.29 is 4.79 Å². The fraction of sp³-hybridized carbons (Fsp3) is 0.533. The second kappa shape index (κ2) is 8.56. The molecular weight excluding hydrogens is 224 g/mol. The number of rotatable bonds is 8. The predicted molar refractivity (Wildman–Crippen MR) is 78.0 cm³/mol. The molecule has 0 saturated carbocycles. The summed E-state index contributed by atoms with van der Waals surface area (Å²) in [6.07, 6.45) is 6.42. The Balaban J connectivity index is 2.27. The van der Waals surface area contributed by atoms with E-state index in [1.807, 2.05) is 24.3 Å². The highest BCUT2D eigenvalue weighted by Gasteiger charge is 1.97. The van der Waals surface area contributed by atoms with Crippen LogP contribution in [0.3, 0.4) is 0 Å². The summed E-state index contributed by atoms with van der Waals surface area (Å²) in [4.78, 5) is 11.0. The number of benzene rings is 1. The lowest BCUT2D eigenvalue weighted by atomic mass is 10.1. The number of carbonyl (C=O) groups excluding carboxylic acids is 1. The van der Waals surface area contributed by atoms with Gasteiger partial charge >= 0.3 is 0 Å². The van der Waals surface area contributed by atoms with Crippen LogP contribution in [-0.4, -0.2) is 12.5 Å². The van der Waals surface area contributed by atoms with Gasteiger partial charge in [-0.25, -0.2) is 0 Å². The van der Waals surface area contributed by atoms with E-state index in [0.29, 0.717) is 0 Å². The van der Waals surface area contributed by atoms with Gasteiger partial charge in [0.1, 0.15) is 0 Å². The number of carbonyl (C=O) groups is 1. The van der Waals surface area contributed by atoms with E-state index in [9.17, 15) is 4.79 Å². The van der Waals surface area contributed by atoms with Gasteiger partial charge in [0.25, 0.3) is 0 Å². The third-order valence-electron chi connectivity index (χ3n) is 2.79. The highest BCUT2D eigenvalue weighted by molar-refractivity contribution is 5.89. The normalized spacial score (nSPS) is 10.1. The Bertz CT molecular complexity index is 363. The maximum absolute atomic E-state index is 11.0. The second-order valence-corrected chi connectivity index (χ2v) is 4.60. The van der Waals surface area contributed by atoms with E-state index >= 15 is 0 Å². The van der Waals surface area contributed by atoms with E-state index in [4.69, 9.17) is 0 Å². The van der Waals surface area contributed by atoms with E-state index in [0.717, 1.165) is 17.9 Å². The van der Waals surface area contributed by atoms with Gasteiger partial charge in [-0.05, 0) is 24.6 Å². The average Bonchev–Trinajstić information content (AvgIpc) is 2.33. The zero-order valence-electron chi connectivity index (χ0n) is 11.5. The number of anilines is 2. The first-order valence-electron chi connectivity index (χ1n) is 6.84. The summed E-state index contributed by atoms with van der Waals surface area (Å²) < 4.78 is 0. The van der Waals surface area contributed by atoms with Crippen molar-refractivity contribution in [3.8, 4) is 0 Å². The lowest BCUT2D eigenvalue weighted by molar-refractivity contribution is -0.114. The zero-order valence-corrected chi connectivity index (χ0v) is 11.5. The molecule has 0 heterocycles. The average molecular weight is 248 g/mol. The van der Waals surface area contributed by atoms with Gasteiger partial charge in [-0.1, -0.05) is 38.7 Å². The van der Waals surface area contributed by atoms with Crippen molar-refractivity contribution >= 4 is 17.3 Å². The fourth-order valence-electron chi connectivity index (χ4n) is 1.87. The Labute approximate surface area is 110 Å². The predicted octanol–water partition coefficient (Wildman–Crippen LogP) is 4.03. The van der Waals surface area contributed by atoms with E-state index in [1.54, 1.807) is 0 Å². The van der Waals surface area contributed by atoms with Crippen LogP contribution in [0.5, 0.6) is 0 Å². The molecule has 0 bridgehead atoms. The van der Waals surface area contributed by atoms with Crippen molar-refractivity contribution in [2.45, 2.75) is 46.0 Å². The SMILES string of the molecule is CCCCCCCNc1cccc(NC(C)=O)c1. The maximum Gasteiger partial charge on any atom is 0.221 e. The van der Waals surface area contributed by atoms with Crippen LogP contribution in [0.4, 0.5) is 11.4 Å². The van der Waals surface area contributed by atoms with Crippen molar-refractivity contribution in [1.82, 2.24) is 0 Å². The molecule has 0 aliphatic rings. The molecule has 100 valence electrons. The highest BCUT2D eigenvalue weighted by Crippen LogP contribution is 2.15. The molecule has 0 saturated heterocycles. The van der Waals surface area contributed by atoms with E-state index in [2.05, 4.69) is 17.6 Å². The molecule has 1 rings (SSSR count). The van der Waals surface area contributed by atoms with E-state index < -0.39 is 0 Å². The minimum Gasteiger partial charge on any atom is -0.385 e. The number of hydrogen-bond donors (Lipinski definition) is 2. The molecule has 0 radical (unpaired) electrons. The van der Waals surface area contributed by atoms with Crippen LogP contribution in [0.25, 0.3) is 0 Å². The molecule has 0 fully saturated rings. The van der Waals surface area contributed by atoms with Gasteiger partial charge in [0.05, 0.1) is 0 Å². The Hall–Kier alpha value is -1.51. The Kier molecular flexibility index (Phi) is 6.92. The van der Waals surface area contributed by atoms with Crippen LogP contribution in [0.2, 0.25) is 0 Å². The van der Waals surface area contributed by atoms with Crippen molar-refractivity contribution in [3.05, 3.63) is 24.3 Å². The van der Waals surface area contributed by atoms with Crippen LogP contribution in [-0.2, 0) is 4.79 Å². The topological polar surface area (TPSA) is 41.1 Å². The first kappa shape index (κ1) is 14.6. The first-order chi connectivity index (χ1) is 8.72. The summed E-state index contributed by atoms with van der Waals surface area (Å²) in [5, 5.41) is 6.17. The molecule has 1 aromatic carbocycles. The summed E-state index contributed by atoms with van der Waals surface area (Å²) >= 11 is 0. The van der Waals surface area contributed by atoms with Gasteiger partial charge in [0.15, 0.2) is 0 Å². The number of amides is 1. The van der Waals surface area contributed by atoms with Crippen molar-refractivity contribution in [2.75, 3.05) is 17.2 Å². The molecule has 0 spiro atoms. The molecule has 2 N–H and O–H groups in total. The Morgan fingerprint density at radius 2 is 1.83 bits per heavy atom. The lowest BCUT2D eigenvalue weighted by Crippen LogP contribution is -2.06. The summed E-state index contributed by atoms with van der Waals surface area (Å²) in [6, 6.07) is 7.84. The summed E-state index contributed by atoms with van der Waals surface area (Å²) in [5.74, 6) is -0.0354. The smallest absolute Gasteiger partial charge is 0.221 e. The van der Waals surface area contributed by atoms with Crippen LogP contribution in [0.15, 0.2) is 24.3 Å². The van der Waals surface area contributed by atoms with Crippen LogP contribution in [0.1, 0.15) is 46.0 Å². The molecule has 1 aromatic rings. The van der Waals surface area contributed by atoms with Gasteiger partial charge in [0.2, 0.25) is 5.91 Å². The van der Waals surface area contributed by atoms with Crippen LogP contribution < -0.4 is 10.6 Å². The zero-order chi connectivity index (χ0) is 13.2. The monoisotopic (exact) mass is 248 g/mol. The summed E-state index contributed by atoms with van der Waals surface area (Å²) in [6.45, 7) is 4.74. The van der Waals surface area contributed by atoms with Crippen LogP contribution >= 0.6 is 0 Å². The van der Waals surface area contributed by atoms with Gasteiger partial charge < -0.3 is 10.6 Å². The van der Waals surface area contributed by atoms with Gasteiger partial charge in [-0.3, -0.25) is 4.79 Å². The molecule has 3 nitrogen and oxygen atoms in total. The molecule has 0 unspecified atom stereocenters. The largest absolute Gasteiger partial charge is 0.385 e. The molecule has 0 atom stereocenters. The second-order valence-electron chi connectivity index (χ2n) is 4.60. The van der Waals surface area contributed by atoms with E-state index in [1.165, 1.54) is 39.0 Å². The van der Waals surface area contributed by atoms with Gasteiger partial charge in [-0.2, -0.15) is 0 Å². The van der Waals surface area contributed by atoms with Crippen molar-refractivity contribution in [1.29, 1.82) is 0 Å². The first-order valence-corrected chi connectivity index (χ1v) is 6.84. The molecule has 0 aromatic heterocycles. The molecule has 18 heavy (non-hydrogen) atoms. The fourth-order valence-corrected chi connectivity index (χ4v) is 1.87. The summed E-state index contributed by atoms with van der Waals surface area (Å²) in [7, 11) is 0. The summed E-state index contributed by atoms with van der Waals surface area (Å²) in [5.41, 5.74) is 1.91. The number of hydrogen-bond acceptors (Lipinski definition) is 2. The van der Waals surface area contributed by atoms with Gasteiger partial charge in [0, 0.05) is 24.8 Å². The number of nitrogens with one attached hydrogen (secondary N) is 2. The lowest BCUT2D eigenvalue weighted by Gasteiger charge is -2.08. The minimum atomic E-state index is -0.0354. The molecule has 0 aliphatic heterocycles. The maximum atomic E-state index is 11.0. The molecule has 0 aliphatic carbocycles. The standard InChI is InChI=1S/C15H24N2O/c1-3-4-5-6-7-11-16-14-9-8-10-15(12-14)17-13(2)18/h8-10,12,16H,3-7,11H2,1-2H3,(H,17,18). The third-order valence-corrected chi connectivity index (χ3v) is 2.79. The minimum absolute atomic E-state index is 0.0354. The highest BCUT2D eigenvalue weighted by atomic mass is 16.1. The van der Waals surface area contributed by atoms with Crippen molar-refractivity contribution in [3.63, 3.8) is 0 Å². The van der Waals surface area contributed by atoms with Crippen LogP contribution in [0, 0.1) is 0 Å². The Morgan fingerprint density at radius 1 is 1.11 bits per heavy atom. The number of unbranched alkanes of at least 4 members (excludes halogenated alkanes) is 4. The molecule has 1 amide bonds. The van der Waals surface area contributed by atoms with Crippen molar-refractivity contribution in [2.24, 2.45) is 0 Å². The third kappa shape index (κ3) is 6.28. The molecule has 3 heteroatoms. The quantitative estimate of drug-likeness (QED) is 0.682. The molecular formula is C15H24N2O. The van der Waals surface area contributed by atoms with E-state index in [-0.39, 0.29) is 5.91 Å². The Morgan fingerprint density at radius 3 is 2.56 bits per heavy atom.